The molecule has 0 aliphatic rings. The molecule has 0 spiro atoms. The minimum absolute atomic E-state index is 0.187. The minimum Gasteiger partial charge on any atom is -0.383 e. The van der Waals surface area contributed by atoms with E-state index in [9.17, 15) is 4.79 Å². The van der Waals surface area contributed by atoms with Crippen LogP contribution in [0.4, 0.5) is 0 Å². The Morgan fingerprint density at radius 1 is 1.42 bits per heavy atom. The van der Waals surface area contributed by atoms with Gasteiger partial charge in [0.15, 0.2) is 4.77 Å². The molecule has 2 rings (SSSR count). The van der Waals surface area contributed by atoms with Crippen LogP contribution >= 0.6 is 12.2 Å². The molecule has 1 aromatic heterocycles. The van der Waals surface area contributed by atoms with Crippen molar-refractivity contribution in [1.29, 1.82) is 0 Å². The van der Waals surface area contributed by atoms with E-state index in [2.05, 4.69) is 10.3 Å². The zero-order chi connectivity index (χ0) is 13.7. The maximum atomic E-state index is 12.1. The summed E-state index contributed by atoms with van der Waals surface area (Å²) < 4.78 is 7.09. The average molecular weight is 277 g/mol. The second kappa shape index (κ2) is 6.31. The summed E-state index contributed by atoms with van der Waals surface area (Å²) in [5, 5.41) is 2.77. The molecule has 100 valence electrons. The number of carbonyl (C=O) groups is 1. The molecule has 0 saturated carbocycles. The molecule has 19 heavy (non-hydrogen) atoms. The van der Waals surface area contributed by atoms with Crippen LogP contribution < -0.4 is 5.32 Å². The van der Waals surface area contributed by atoms with Crippen LogP contribution in [0.1, 0.15) is 10.5 Å². The lowest BCUT2D eigenvalue weighted by Gasteiger charge is -2.08. The Morgan fingerprint density at radius 3 is 2.84 bits per heavy atom. The number of nitrogens with zero attached hydrogens (tertiary/aromatic N) is 1. The van der Waals surface area contributed by atoms with Gasteiger partial charge in [0, 0.05) is 25.5 Å². The van der Waals surface area contributed by atoms with Gasteiger partial charge in [0.1, 0.15) is 5.69 Å². The van der Waals surface area contributed by atoms with Crippen LogP contribution in [0, 0.1) is 4.77 Å². The van der Waals surface area contributed by atoms with Crippen molar-refractivity contribution in [2.75, 3.05) is 20.3 Å². The lowest BCUT2D eigenvalue weighted by molar-refractivity contribution is 0.0930. The molecule has 5 nitrogen and oxygen atoms in total. The van der Waals surface area contributed by atoms with E-state index in [1.54, 1.807) is 17.9 Å². The van der Waals surface area contributed by atoms with Gasteiger partial charge in [-0.1, -0.05) is 18.2 Å². The number of hydrogen-bond acceptors (Lipinski definition) is 3. The average Bonchev–Trinajstić information content (AvgIpc) is 2.82. The van der Waals surface area contributed by atoms with Crippen molar-refractivity contribution in [1.82, 2.24) is 14.9 Å². The summed E-state index contributed by atoms with van der Waals surface area (Å²) in [5.41, 5.74) is 1.33. The number of nitrogens with one attached hydrogen (secondary N) is 2. The number of benzene rings is 1. The molecule has 1 amide bonds. The molecule has 6 heteroatoms. The van der Waals surface area contributed by atoms with Crippen LogP contribution in [-0.2, 0) is 4.74 Å². The highest BCUT2D eigenvalue weighted by Crippen LogP contribution is 2.12. The lowest BCUT2D eigenvalue weighted by Crippen LogP contribution is -2.28. The molecular formula is C13H15N3O2S. The number of imidazole rings is 1. The van der Waals surface area contributed by atoms with Crippen molar-refractivity contribution in [2.24, 2.45) is 0 Å². The van der Waals surface area contributed by atoms with Crippen LogP contribution in [0.5, 0.6) is 0 Å². The fraction of sp³-hybridized carbons (Fsp3) is 0.231. The van der Waals surface area contributed by atoms with Crippen molar-refractivity contribution < 1.29 is 9.53 Å². The maximum Gasteiger partial charge on any atom is 0.269 e. The first-order valence-electron chi connectivity index (χ1n) is 5.87. The quantitative estimate of drug-likeness (QED) is 0.648. The Balaban J connectivity index is 2.28. The number of amides is 1. The number of aromatic amines is 1. The van der Waals surface area contributed by atoms with Gasteiger partial charge in [-0.15, -0.1) is 0 Å². The molecule has 0 radical (unpaired) electrons. The highest BCUT2D eigenvalue weighted by molar-refractivity contribution is 7.71. The number of hydrogen-bond donors (Lipinski definition) is 2. The normalized spacial score (nSPS) is 10.4. The smallest absolute Gasteiger partial charge is 0.269 e. The Hall–Kier alpha value is -1.92. The third kappa shape index (κ3) is 3.10. The number of methoxy groups -OCH3 is 1. The van der Waals surface area contributed by atoms with E-state index in [0.29, 0.717) is 23.6 Å². The van der Waals surface area contributed by atoms with Gasteiger partial charge in [-0.05, 0) is 24.4 Å². The highest BCUT2D eigenvalue weighted by Gasteiger charge is 2.13. The van der Waals surface area contributed by atoms with Crippen LogP contribution in [0.25, 0.3) is 5.69 Å². The van der Waals surface area contributed by atoms with E-state index in [0.717, 1.165) is 5.69 Å². The van der Waals surface area contributed by atoms with E-state index >= 15 is 0 Å². The first-order valence-corrected chi connectivity index (χ1v) is 6.28. The zero-order valence-electron chi connectivity index (χ0n) is 10.6. The predicted molar refractivity (Wildman–Crippen MR) is 75.2 cm³/mol. The SMILES string of the molecule is COCCNC(=O)c1c[nH]c(=S)n1-c1ccccc1. The van der Waals surface area contributed by atoms with Crippen molar-refractivity contribution >= 4 is 18.1 Å². The Labute approximate surface area is 116 Å². The van der Waals surface area contributed by atoms with Gasteiger partial charge in [0.05, 0.1) is 6.61 Å². The number of para-hydroxylation sites is 1. The van der Waals surface area contributed by atoms with Gasteiger partial charge >= 0.3 is 0 Å². The van der Waals surface area contributed by atoms with Crippen molar-refractivity contribution in [2.45, 2.75) is 0 Å². The van der Waals surface area contributed by atoms with Gasteiger partial charge in [-0.2, -0.15) is 0 Å². The number of H-pyrrole nitrogens is 1. The van der Waals surface area contributed by atoms with Crippen molar-refractivity contribution in [3.63, 3.8) is 0 Å². The van der Waals surface area contributed by atoms with E-state index in [-0.39, 0.29) is 5.91 Å². The molecule has 0 saturated heterocycles. The molecule has 2 aromatic rings. The number of carbonyl (C=O) groups excluding carboxylic acids is 1. The molecular weight excluding hydrogens is 262 g/mol. The van der Waals surface area contributed by atoms with E-state index in [1.165, 1.54) is 0 Å². The number of rotatable bonds is 5. The molecule has 0 atom stereocenters. The summed E-state index contributed by atoms with van der Waals surface area (Å²) in [6.07, 6.45) is 1.61. The van der Waals surface area contributed by atoms with Gasteiger partial charge < -0.3 is 15.0 Å². The summed E-state index contributed by atoms with van der Waals surface area (Å²) in [4.78, 5) is 15.0. The molecule has 0 aliphatic carbocycles. The Kier molecular flexibility index (Phi) is 4.48. The van der Waals surface area contributed by atoms with E-state index in [4.69, 9.17) is 17.0 Å². The van der Waals surface area contributed by atoms with Gasteiger partial charge in [-0.25, -0.2) is 0 Å². The molecule has 0 aliphatic heterocycles. The Bertz CT molecular complexity index is 604. The maximum absolute atomic E-state index is 12.1. The number of aromatic nitrogens is 2. The Morgan fingerprint density at radius 2 is 2.16 bits per heavy atom. The van der Waals surface area contributed by atoms with Gasteiger partial charge in [0.2, 0.25) is 0 Å². The first kappa shape index (κ1) is 13.5. The monoisotopic (exact) mass is 277 g/mol. The van der Waals surface area contributed by atoms with Crippen LogP contribution in [0.2, 0.25) is 0 Å². The summed E-state index contributed by atoms with van der Waals surface area (Å²) in [6, 6.07) is 9.51. The van der Waals surface area contributed by atoms with Crippen molar-refractivity contribution in [3.05, 3.63) is 47.0 Å². The fourth-order valence-corrected chi connectivity index (χ4v) is 1.99. The van der Waals surface area contributed by atoms with Crippen LogP contribution in [-0.4, -0.2) is 35.7 Å². The summed E-state index contributed by atoms with van der Waals surface area (Å²) in [7, 11) is 1.59. The van der Waals surface area contributed by atoms with E-state index < -0.39 is 0 Å². The van der Waals surface area contributed by atoms with Gasteiger partial charge in [0.25, 0.3) is 5.91 Å². The van der Waals surface area contributed by atoms with Crippen LogP contribution in [0.3, 0.4) is 0 Å². The van der Waals surface area contributed by atoms with Crippen molar-refractivity contribution in [3.8, 4) is 5.69 Å². The third-order valence-corrected chi connectivity index (χ3v) is 2.92. The van der Waals surface area contributed by atoms with Gasteiger partial charge in [-0.3, -0.25) is 9.36 Å². The predicted octanol–water partition coefficient (Wildman–Crippen LogP) is 1.91. The minimum atomic E-state index is -0.187. The molecule has 0 bridgehead atoms. The topological polar surface area (TPSA) is 59.0 Å². The lowest BCUT2D eigenvalue weighted by atomic mass is 10.3. The molecule has 1 heterocycles. The second-order valence-corrected chi connectivity index (χ2v) is 4.29. The number of ether oxygens (including phenoxy) is 1. The standard InChI is InChI=1S/C13H15N3O2S/c1-18-8-7-14-12(17)11-9-15-13(19)16(11)10-5-3-2-4-6-10/h2-6,9H,7-8H2,1H3,(H,14,17)(H,15,19). The summed E-state index contributed by atoms with van der Waals surface area (Å²) >= 11 is 5.21. The third-order valence-electron chi connectivity index (χ3n) is 2.62. The highest BCUT2D eigenvalue weighted by atomic mass is 32.1. The molecule has 1 aromatic carbocycles. The fourth-order valence-electron chi connectivity index (χ4n) is 1.73. The molecule has 0 fully saturated rings. The summed E-state index contributed by atoms with van der Waals surface area (Å²) in [6.45, 7) is 0.935. The van der Waals surface area contributed by atoms with E-state index in [1.807, 2.05) is 30.3 Å². The second-order valence-electron chi connectivity index (χ2n) is 3.90. The molecule has 2 N–H and O–H groups in total. The largest absolute Gasteiger partial charge is 0.383 e. The molecule has 0 unspecified atom stereocenters. The first-order chi connectivity index (χ1) is 9.24. The zero-order valence-corrected chi connectivity index (χ0v) is 11.4. The summed E-state index contributed by atoms with van der Waals surface area (Å²) in [5.74, 6) is -0.187. The van der Waals surface area contributed by atoms with Crippen LogP contribution in [0.15, 0.2) is 36.5 Å².